The zero-order chi connectivity index (χ0) is 12.3. The van der Waals surface area contributed by atoms with Gasteiger partial charge in [-0.1, -0.05) is 51.3 Å². The Balaban J connectivity index is 2.10. The van der Waals surface area contributed by atoms with Crippen molar-refractivity contribution >= 4 is 0 Å². The predicted molar refractivity (Wildman–Crippen MR) is 71.2 cm³/mol. The third-order valence-corrected chi connectivity index (χ3v) is 2.95. The maximum Gasteiger partial charge on any atom is 0.189 e. The second-order valence-corrected chi connectivity index (χ2v) is 4.36. The van der Waals surface area contributed by atoms with Crippen LogP contribution in [0, 0.1) is 5.92 Å². The largest absolute Gasteiger partial charge is 0.468 e. The van der Waals surface area contributed by atoms with Crippen molar-refractivity contribution in [2.45, 2.75) is 39.5 Å². The van der Waals surface area contributed by atoms with Gasteiger partial charge in [0.15, 0.2) is 6.79 Å². The van der Waals surface area contributed by atoms with Crippen LogP contribution in [0.4, 0.5) is 0 Å². The third kappa shape index (κ3) is 6.32. The SMILES string of the molecule is CCCCC(CC)COCOc1ccccc1. The molecule has 1 rings (SSSR count). The first-order valence-corrected chi connectivity index (χ1v) is 6.62. The van der Waals surface area contributed by atoms with E-state index < -0.39 is 0 Å². The molecular weight excluding hydrogens is 212 g/mol. The van der Waals surface area contributed by atoms with Crippen LogP contribution in [-0.2, 0) is 4.74 Å². The quantitative estimate of drug-likeness (QED) is 0.471. The van der Waals surface area contributed by atoms with Gasteiger partial charge in [-0.15, -0.1) is 0 Å². The molecule has 0 amide bonds. The van der Waals surface area contributed by atoms with Gasteiger partial charge in [-0.2, -0.15) is 0 Å². The van der Waals surface area contributed by atoms with E-state index in [1.165, 1.54) is 25.7 Å². The van der Waals surface area contributed by atoms with Crippen LogP contribution in [0.5, 0.6) is 5.75 Å². The average molecular weight is 236 g/mol. The van der Waals surface area contributed by atoms with Crippen LogP contribution in [0.15, 0.2) is 30.3 Å². The highest BCUT2D eigenvalue weighted by Gasteiger charge is 2.05. The summed E-state index contributed by atoms with van der Waals surface area (Å²) in [5, 5.41) is 0. The van der Waals surface area contributed by atoms with Crippen molar-refractivity contribution in [2.75, 3.05) is 13.4 Å². The molecule has 17 heavy (non-hydrogen) atoms. The molecule has 2 heteroatoms. The molecule has 0 fully saturated rings. The minimum Gasteiger partial charge on any atom is -0.468 e. The summed E-state index contributed by atoms with van der Waals surface area (Å²) in [6.07, 6.45) is 5.00. The van der Waals surface area contributed by atoms with Crippen LogP contribution >= 0.6 is 0 Å². The lowest BCUT2D eigenvalue weighted by Gasteiger charge is -2.14. The summed E-state index contributed by atoms with van der Waals surface area (Å²) in [4.78, 5) is 0. The summed E-state index contributed by atoms with van der Waals surface area (Å²) in [6.45, 7) is 5.61. The van der Waals surface area contributed by atoms with Crippen molar-refractivity contribution < 1.29 is 9.47 Å². The van der Waals surface area contributed by atoms with E-state index in [1.54, 1.807) is 0 Å². The van der Waals surface area contributed by atoms with Crippen LogP contribution in [0.2, 0.25) is 0 Å². The minimum absolute atomic E-state index is 0.354. The van der Waals surface area contributed by atoms with Gasteiger partial charge in [-0.25, -0.2) is 0 Å². The van der Waals surface area contributed by atoms with E-state index in [2.05, 4.69) is 13.8 Å². The Labute approximate surface area is 105 Å². The number of hydrogen-bond acceptors (Lipinski definition) is 2. The van der Waals surface area contributed by atoms with Gasteiger partial charge in [0.1, 0.15) is 5.75 Å². The van der Waals surface area contributed by atoms with E-state index in [0.29, 0.717) is 12.7 Å². The topological polar surface area (TPSA) is 18.5 Å². The van der Waals surface area contributed by atoms with E-state index in [4.69, 9.17) is 9.47 Å². The van der Waals surface area contributed by atoms with E-state index in [0.717, 1.165) is 12.4 Å². The number of unbranched alkanes of at least 4 members (excludes halogenated alkanes) is 1. The lowest BCUT2D eigenvalue weighted by atomic mass is 10.0. The number of benzene rings is 1. The molecule has 0 N–H and O–H groups in total. The molecule has 0 saturated heterocycles. The summed E-state index contributed by atoms with van der Waals surface area (Å²) in [6, 6.07) is 9.79. The summed E-state index contributed by atoms with van der Waals surface area (Å²) >= 11 is 0. The molecule has 1 aromatic rings. The van der Waals surface area contributed by atoms with Crippen LogP contribution in [0.25, 0.3) is 0 Å². The first-order chi connectivity index (χ1) is 8.36. The van der Waals surface area contributed by atoms with Gasteiger partial charge in [0.2, 0.25) is 0 Å². The highest BCUT2D eigenvalue weighted by molar-refractivity contribution is 5.20. The Morgan fingerprint density at radius 3 is 2.53 bits per heavy atom. The van der Waals surface area contributed by atoms with Crippen molar-refractivity contribution in [1.82, 2.24) is 0 Å². The fraction of sp³-hybridized carbons (Fsp3) is 0.600. The zero-order valence-electron chi connectivity index (χ0n) is 11.0. The van der Waals surface area contributed by atoms with E-state index in [9.17, 15) is 0 Å². The molecule has 1 atom stereocenters. The van der Waals surface area contributed by atoms with Gasteiger partial charge >= 0.3 is 0 Å². The summed E-state index contributed by atoms with van der Waals surface area (Å²) in [7, 11) is 0. The lowest BCUT2D eigenvalue weighted by Crippen LogP contribution is -2.12. The van der Waals surface area contributed by atoms with Crippen molar-refractivity contribution in [3.63, 3.8) is 0 Å². The maximum absolute atomic E-state index is 5.57. The molecule has 96 valence electrons. The molecule has 1 unspecified atom stereocenters. The van der Waals surface area contributed by atoms with Crippen LogP contribution in [0.1, 0.15) is 39.5 Å². The Hall–Kier alpha value is -1.02. The molecule has 0 heterocycles. The van der Waals surface area contributed by atoms with Crippen LogP contribution in [0.3, 0.4) is 0 Å². The van der Waals surface area contributed by atoms with E-state index in [-0.39, 0.29) is 0 Å². The smallest absolute Gasteiger partial charge is 0.189 e. The molecule has 0 aromatic heterocycles. The second-order valence-electron chi connectivity index (χ2n) is 4.36. The summed E-state index contributed by atoms with van der Waals surface area (Å²) in [5.74, 6) is 1.54. The van der Waals surface area contributed by atoms with Gasteiger partial charge in [0.05, 0.1) is 6.61 Å². The molecule has 0 aliphatic heterocycles. The highest BCUT2D eigenvalue weighted by Crippen LogP contribution is 2.13. The van der Waals surface area contributed by atoms with Gasteiger partial charge in [-0.05, 0) is 24.5 Å². The number of para-hydroxylation sites is 1. The summed E-state index contributed by atoms with van der Waals surface area (Å²) in [5.41, 5.74) is 0. The van der Waals surface area contributed by atoms with Crippen LogP contribution < -0.4 is 4.74 Å². The number of hydrogen-bond donors (Lipinski definition) is 0. The van der Waals surface area contributed by atoms with E-state index in [1.807, 2.05) is 30.3 Å². The molecule has 0 saturated carbocycles. The molecule has 0 aliphatic carbocycles. The molecule has 0 bridgehead atoms. The molecule has 0 spiro atoms. The first kappa shape index (κ1) is 14.0. The van der Waals surface area contributed by atoms with Gasteiger partial charge in [0, 0.05) is 0 Å². The Kier molecular flexibility index (Phi) is 7.48. The standard InChI is InChI=1S/C15H24O2/c1-3-5-9-14(4-2)12-16-13-17-15-10-7-6-8-11-15/h6-8,10-11,14H,3-5,9,12-13H2,1-2H3. The van der Waals surface area contributed by atoms with Gasteiger partial charge in [-0.3, -0.25) is 0 Å². The fourth-order valence-corrected chi connectivity index (χ4v) is 1.74. The maximum atomic E-state index is 5.57. The van der Waals surface area contributed by atoms with Gasteiger partial charge < -0.3 is 9.47 Å². The molecular formula is C15H24O2. The van der Waals surface area contributed by atoms with Crippen molar-refractivity contribution in [2.24, 2.45) is 5.92 Å². The minimum atomic E-state index is 0.354. The molecule has 1 aromatic carbocycles. The highest BCUT2D eigenvalue weighted by atomic mass is 16.7. The number of rotatable bonds is 9. The fourth-order valence-electron chi connectivity index (χ4n) is 1.74. The Morgan fingerprint density at radius 2 is 1.88 bits per heavy atom. The van der Waals surface area contributed by atoms with Gasteiger partial charge in [0.25, 0.3) is 0 Å². The molecule has 0 aliphatic rings. The normalized spacial score (nSPS) is 12.4. The zero-order valence-corrected chi connectivity index (χ0v) is 11.0. The first-order valence-electron chi connectivity index (χ1n) is 6.62. The monoisotopic (exact) mass is 236 g/mol. The summed E-state index contributed by atoms with van der Waals surface area (Å²) < 4.78 is 11.0. The molecule has 2 nitrogen and oxygen atoms in total. The predicted octanol–water partition coefficient (Wildman–Crippen LogP) is 4.26. The van der Waals surface area contributed by atoms with Crippen molar-refractivity contribution in [1.29, 1.82) is 0 Å². The Bertz CT molecular complexity index is 272. The third-order valence-electron chi connectivity index (χ3n) is 2.95. The van der Waals surface area contributed by atoms with E-state index >= 15 is 0 Å². The van der Waals surface area contributed by atoms with Crippen LogP contribution in [-0.4, -0.2) is 13.4 Å². The lowest BCUT2D eigenvalue weighted by molar-refractivity contribution is -0.00445. The van der Waals surface area contributed by atoms with Crippen molar-refractivity contribution in [3.8, 4) is 5.75 Å². The van der Waals surface area contributed by atoms with Crippen molar-refractivity contribution in [3.05, 3.63) is 30.3 Å². The average Bonchev–Trinajstić information content (AvgIpc) is 2.39. The number of ether oxygens (including phenoxy) is 2. The second kappa shape index (κ2) is 9.06. The Morgan fingerprint density at radius 1 is 1.12 bits per heavy atom. The molecule has 0 radical (unpaired) electrons.